The molecule has 0 bridgehead atoms. The highest BCUT2D eigenvalue weighted by atomic mass is 19.1. The lowest BCUT2D eigenvalue weighted by atomic mass is 9.77. The topological polar surface area (TPSA) is 17.1 Å². The molecular weight excluding hydrogens is 378 g/mol. The minimum absolute atomic E-state index is 0.179. The first-order valence-corrected chi connectivity index (χ1v) is 11.6. The summed E-state index contributed by atoms with van der Waals surface area (Å²) in [5, 5.41) is 0. The van der Waals surface area contributed by atoms with Gasteiger partial charge in [0.1, 0.15) is 17.4 Å². The van der Waals surface area contributed by atoms with Gasteiger partial charge in [-0.15, -0.1) is 0 Å². The van der Waals surface area contributed by atoms with Crippen molar-refractivity contribution in [3.05, 3.63) is 71.3 Å². The quantitative estimate of drug-likeness (QED) is 0.439. The predicted octanol–water partition coefficient (Wildman–Crippen LogP) is 7.56. The standard InChI is InChI=1S/C27H32F2O/c28-23-13-9-21(10-14-23)26(19-5-1-2-6-19)17-25(30)18-27(20-7-3-4-8-20)22-11-15-24(29)16-12-22/h9-16,19-20,26-27H,1-8,17-18H2/t26-,27-/m0/s1. The second-order valence-electron chi connectivity index (χ2n) is 9.35. The van der Waals surface area contributed by atoms with E-state index in [2.05, 4.69) is 0 Å². The van der Waals surface area contributed by atoms with Gasteiger partial charge in [-0.25, -0.2) is 8.78 Å². The number of ketones is 1. The van der Waals surface area contributed by atoms with Gasteiger partial charge in [-0.3, -0.25) is 4.79 Å². The van der Waals surface area contributed by atoms with Crippen LogP contribution in [0.3, 0.4) is 0 Å². The second kappa shape index (κ2) is 9.85. The van der Waals surface area contributed by atoms with Crippen LogP contribution >= 0.6 is 0 Å². The van der Waals surface area contributed by atoms with Gasteiger partial charge >= 0.3 is 0 Å². The number of carbonyl (C=O) groups excluding carboxylic acids is 1. The van der Waals surface area contributed by atoms with Crippen LogP contribution < -0.4 is 0 Å². The summed E-state index contributed by atoms with van der Waals surface area (Å²) in [7, 11) is 0. The van der Waals surface area contributed by atoms with Crippen molar-refractivity contribution in [2.75, 3.05) is 0 Å². The molecule has 2 fully saturated rings. The van der Waals surface area contributed by atoms with Crippen molar-refractivity contribution in [1.82, 2.24) is 0 Å². The number of hydrogen-bond donors (Lipinski definition) is 0. The zero-order chi connectivity index (χ0) is 20.9. The first-order valence-electron chi connectivity index (χ1n) is 11.6. The zero-order valence-corrected chi connectivity index (χ0v) is 17.7. The van der Waals surface area contributed by atoms with E-state index in [1.54, 1.807) is 0 Å². The van der Waals surface area contributed by atoms with Crippen LogP contribution in [0.2, 0.25) is 0 Å². The summed E-state index contributed by atoms with van der Waals surface area (Å²) in [6.45, 7) is 0. The molecule has 0 saturated heterocycles. The Bertz CT molecular complexity index is 745. The van der Waals surface area contributed by atoms with Crippen LogP contribution in [0.25, 0.3) is 0 Å². The Hall–Kier alpha value is -2.03. The van der Waals surface area contributed by atoms with E-state index < -0.39 is 0 Å². The molecule has 0 heterocycles. The molecule has 2 aliphatic carbocycles. The van der Waals surface area contributed by atoms with Gasteiger partial charge in [0.2, 0.25) is 0 Å². The molecule has 2 aromatic carbocycles. The van der Waals surface area contributed by atoms with Gasteiger partial charge < -0.3 is 0 Å². The van der Waals surface area contributed by atoms with E-state index in [4.69, 9.17) is 0 Å². The van der Waals surface area contributed by atoms with Gasteiger partial charge in [0.25, 0.3) is 0 Å². The highest BCUT2D eigenvalue weighted by molar-refractivity contribution is 5.80. The maximum atomic E-state index is 13.5. The normalized spacial score (nSPS) is 19.8. The molecule has 3 heteroatoms. The highest BCUT2D eigenvalue weighted by Crippen LogP contribution is 2.43. The Labute approximate surface area is 178 Å². The van der Waals surface area contributed by atoms with Gasteiger partial charge in [0, 0.05) is 12.8 Å². The summed E-state index contributed by atoms with van der Waals surface area (Å²) >= 11 is 0. The molecule has 0 radical (unpaired) electrons. The minimum atomic E-state index is -0.229. The first-order chi connectivity index (χ1) is 14.6. The van der Waals surface area contributed by atoms with Crippen molar-refractivity contribution in [1.29, 1.82) is 0 Å². The van der Waals surface area contributed by atoms with Crippen LogP contribution in [0.4, 0.5) is 8.78 Å². The molecule has 2 saturated carbocycles. The summed E-state index contributed by atoms with van der Waals surface area (Å²) in [5.41, 5.74) is 2.19. The lowest BCUT2D eigenvalue weighted by molar-refractivity contribution is -0.120. The van der Waals surface area contributed by atoms with Crippen LogP contribution in [-0.2, 0) is 4.79 Å². The van der Waals surface area contributed by atoms with E-state index in [-0.39, 0.29) is 29.3 Å². The average molecular weight is 411 g/mol. The third-order valence-electron chi connectivity index (χ3n) is 7.43. The van der Waals surface area contributed by atoms with E-state index in [9.17, 15) is 13.6 Å². The molecule has 0 spiro atoms. The van der Waals surface area contributed by atoms with Crippen LogP contribution in [0.15, 0.2) is 48.5 Å². The fourth-order valence-corrected chi connectivity index (χ4v) is 5.83. The first kappa shape index (κ1) is 21.2. The Morgan fingerprint density at radius 1 is 0.667 bits per heavy atom. The van der Waals surface area contributed by atoms with Crippen LogP contribution in [0.5, 0.6) is 0 Å². The van der Waals surface area contributed by atoms with Crippen molar-refractivity contribution < 1.29 is 13.6 Å². The summed E-state index contributed by atoms with van der Waals surface area (Å²) in [4.78, 5) is 13.3. The fraction of sp³-hybridized carbons (Fsp3) is 0.519. The largest absolute Gasteiger partial charge is 0.300 e. The number of carbonyl (C=O) groups is 1. The van der Waals surface area contributed by atoms with E-state index in [1.807, 2.05) is 24.3 Å². The molecular formula is C27H32F2O. The number of hydrogen-bond acceptors (Lipinski definition) is 1. The maximum absolute atomic E-state index is 13.5. The molecule has 2 aromatic rings. The van der Waals surface area contributed by atoms with Crippen molar-refractivity contribution in [2.24, 2.45) is 11.8 Å². The van der Waals surface area contributed by atoms with E-state index in [0.29, 0.717) is 24.7 Å². The van der Waals surface area contributed by atoms with Crippen molar-refractivity contribution in [3.8, 4) is 0 Å². The molecule has 2 aliphatic rings. The van der Waals surface area contributed by atoms with Crippen LogP contribution in [0.1, 0.15) is 87.2 Å². The third kappa shape index (κ3) is 5.17. The molecule has 0 amide bonds. The summed E-state index contributed by atoms with van der Waals surface area (Å²) in [6, 6.07) is 13.5. The summed E-state index contributed by atoms with van der Waals surface area (Å²) in [5.74, 6) is 1.21. The van der Waals surface area contributed by atoms with E-state index >= 15 is 0 Å². The Morgan fingerprint density at radius 2 is 1.00 bits per heavy atom. The minimum Gasteiger partial charge on any atom is -0.300 e. The predicted molar refractivity (Wildman–Crippen MR) is 116 cm³/mol. The van der Waals surface area contributed by atoms with Gasteiger partial charge in [0.05, 0.1) is 0 Å². The zero-order valence-electron chi connectivity index (χ0n) is 17.7. The van der Waals surface area contributed by atoms with Gasteiger partial charge in [0.15, 0.2) is 0 Å². The van der Waals surface area contributed by atoms with E-state index in [1.165, 1.54) is 49.9 Å². The number of halogens is 2. The Balaban J connectivity index is 1.51. The molecule has 30 heavy (non-hydrogen) atoms. The van der Waals surface area contributed by atoms with Gasteiger partial charge in [-0.05, 0) is 84.7 Å². The third-order valence-corrected chi connectivity index (χ3v) is 7.43. The molecule has 4 rings (SSSR count). The Morgan fingerprint density at radius 3 is 1.33 bits per heavy atom. The van der Waals surface area contributed by atoms with Crippen LogP contribution in [0, 0.1) is 23.5 Å². The van der Waals surface area contributed by atoms with Gasteiger partial charge in [-0.2, -0.15) is 0 Å². The molecule has 1 nitrogen and oxygen atoms in total. The highest BCUT2D eigenvalue weighted by Gasteiger charge is 2.32. The molecule has 0 N–H and O–H groups in total. The summed E-state index contributed by atoms with van der Waals surface area (Å²) in [6.07, 6.45) is 10.5. The SMILES string of the molecule is O=C(C[C@H](c1ccc(F)cc1)C1CCCC1)C[C@H](c1ccc(F)cc1)C1CCCC1. The smallest absolute Gasteiger partial charge is 0.134 e. The second-order valence-corrected chi connectivity index (χ2v) is 9.35. The number of Topliss-reactive ketones (excluding diaryl/α,β-unsaturated/α-hetero) is 1. The Kier molecular flexibility index (Phi) is 6.97. The van der Waals surface area contributed by atoms with E-state index in [0.717, 1.165) is 36.8 Å². The monoisotopic (exact) mass is 410 g/mol. The van der Waals surface area contributed by atoms with Crippen molar-refractivity contribution >= 4 is 5.78 Å². The van der Waals surface area contributed by atoms with Gasteiger partial charge in [-0.1, -0.05) is 49.9 Å². The lowest BCUT2D eigenvalue weighted by Crippen LogP contribution is -2.19. The molecule has 0 aromatic heterocycles. The molecule has 0 aliphatic heterocycles. The maximum Gasteiger partial charge on any atom is 0.134 e. The van der Waals surface area contributed by atoms with Crippen LogP contribution in [-0.4, -0.2) is 5.78 Å². The van der Waals surface area contributed by atoms with Crippen molar-refractivity contribution in [2.45, 2.75) is 76.0 Å². The molecule has 2 atom stereocenters. The molecule has 0 unspecified atom stereocenters. The molecule has 160 valence electrons. The lowest BCUT2D eigenvalue weighted by Gasteiger charge is -2.27. The average Bonchev–Trinajstić information content (AvgIpc) is 3.46. The number of rotatable bonds is 8. The number of benzene rings is 2. The fourth-order valence-electron chi connectivity index (χ4n) is 5.83. The summed E-state index contributed by atoms with van der Waals surface area (Å²) < 4.78 is 26.9. The van der Waals surface area contributed by atoms with Crippen molar-refractivity contribution in [3.63, 3.8) is 0 Å².